The minimum Gasteiger partial charge on any atom is -0.412 e. The quantitative estimate of drug-likeness (QED) is 0.261. The minimum atomic E-state index is -0.329. The number of amides is 1. The number of pyridine rings is 1. The molecule has 0 spiro atoms. The first kappa shape index (κ1) is 29.0. The third-order valence-electron chi connectivity index (χ3n) is 6.08. The molecule has 202 valence electrons. The molecule has 0 fully saturated rings. The molecule has 0 bridgehead atoms. The molecule has 0 atom stereocenters. The highest BCUT2D eigenvalue weighted by molar-refractivity contribution is 8.13. The molecule has 2 heterocycles. The van der Waals surface area contributed by atoms with Gasteiger partial charge in [-0.1, -0.05) is 77.9 Å². The fourth-order valence-electron chi connectivity index (χ4n) is 4.80. The number of anilines is 1. The summed E-state index contributed by atoms with van der Waals surface area (Å²) in [5, 5.41) is 4.03. The van der Waals surface area contributed by atoms with E-state index < -0.39 is 0 Å². The van der Waals surface area contributed by atoms with E-state index >= 15 is 0 Å². The molecule has 1 aromatic carbocycles. The number of aromatic nitrogens is 3. The van der Waals surface area contributed by atoms with Crippen LogP contribution in [0.1, 0.15) is 86.4 Å². The van der Waals surface area contributed by atoms with Crippen molar-refractivity contribution in [3.05, 3.63) is 30.1 Å². The Balaban J connectivity index is 1.74. The maximum Gasteiger partial charge on any atom is 0.222 e. The standard InChI is InChI=1S/C29H42N4O3S/c1-8-9-16-23-32-24-25(21-14-10-11-15-22(21)31-26(24)30-20(2)34)33(23)36-17-12-13-18-37-27(35)29(6,7)19-28(3,4)5/h10-11,14-15H,8-9,12-13,16-19H2,1-7H3,(H,30,31,34). The predicted octanol–water partition coefficient (Wildman–Crippen LogP) is 6.82. The van der Waals surface area contributed by atoms with Crippen LogP contribution in [-0.4, -0.2) is 38.1 Å². The molecule has 1 N–H and O–H groups in total. The van der Waals surface area contributed by atoms with Crippen molar-refractivity contribution in [2.24, 2.45) is 10.8 Å². The number of hydrogen-bond acceptors (Lipinski definition) is 6. The second-order valence-corrected chi connectivity index (χ2v) is 12.6. The summed E-state index contributed by atoms with van der Waals surface area (Å²) >= 11 is 1.44. The van der Waals surface area contributed by atoms with Crippen LogP contribution in [0, 0.1) is 10.8 Å². The molecule has 0 aliphatic rings. The van der Waals surface area contributed by atoms with Crippen molar-refractivity contribution in [3.8, 4) is 0 Å². The van der Waals surface area contributed by atoms with E-state index in [0.717, 1.165) is 66.5 Å². The van der Waals surface area contributed by atoms with Crippen molar-refractivity contribution in [2.75, 3.05) is 17.7 Å². The van der Waals surface area contributed by atoms with Crippen LogP contribution in [0.2, 0.25) is 0 Å². The lowest BCUT2D eigenvalue weighted by atomic mass is 9.77. The van der Waals surface area contributed by atoms with Gasteiger partial charge in [0.25, 0.3) is 0 Å². The molecule has 3 aromatic rings. The molecule has 0 aliphatic heterocycles. The van der Waals surface area contributed by atoms with Crippen molar-refractivity contribution in [2.45, 2.75) is 87.0 Å². The lowest BCUT2D eigenvalue weighted by molar-refractivity contribution is -0.119. The number of unbranched alkanes of at least 4 members (excludes halogenated alkanes) is 2. The first-order chi connectivity index (χ1) is 17.4. The number of aryl methyl sites for hydroxylation is 1. The van der Waals surface area contributed by atoms with Crippen LogP contribution in [-0.2, 0) is 16.0 Å². The number of rotatable bonds is 12. The van der Waals surface area contributed by atoms with Crippen LogP contribution in [0.3, 0.4) is 0 Å². The molecular weight excluding hydrogens is 484 g/mol. The topological polar surface area (TPSA) is 86.1 Å². The van der Waals surface area contributed by atoms with Gasteiger partial charge in [-0.25, -0.2) is 9.97 Å². The molecule has 2 aromatic heterocycles. The SMILES string of the molecule is CCCCc1nc2c(NC(C)=O)nc3ccccc3c2n1OCCCCSC(=O)C(C)(C)CC(C)(C)C. The highest BCUT2D eigenvalue weighted by Crippen LogP contribution is 2.37. The normalized spacial score (nSPS) is 12.3. The van der Waals surface area contributed by atoms with Crippen LogP contribution in [0.5, 0.6) is 0 Å². The zero-order chi connectivity index (χ0) is 27.2. The van der Waals surface area contributed by atoms with Gasteiger partial charge in [-0.3, -0.25) is 9.59 Å². The summed E-state index contributed by atoms with van der Waals surface area (Å²) in [5.41, 5.74) is 2.04. The van der Waals surface area contributed by atoms with Crippen LogP contribution in [0.4, 0.5) is 5.82 Å². The summed E-state index contributed by atoms with van der Waals surface area (Å²) in [6, 6.07) is 7.84. The van der Waals surface area contributed by atoms with Gasteiger partial charge < -0.3 is 10.2 Å². The fourth-order valence-corrected chi connectivity index (χ4v) is 5.80. The number of imidazole rings is 1. The van der Waals surface area contributed by atoms with Crippen LogP contribution in [0.25, 0.3) is 21.9 Å². The van der Waals surface area contributed by atoms with Crippen molar-refractivity contribution in [1.82, 2.24) is 14.7 Å². The molecule has 0 saturated carbocycles. The molecule has 7 nitrogen and oxygen atoms in total. The summed E-state index contributed by atoms with van der Waals surface area (Å²) < 4.78 is 1.84. The second kappa shape index (κ2) is 12.3. The average Bonchev–Trinajstić information content (AvgIpc) is 3.16. The number of hydrogen-bond donors (Lipinski definition) is 1. The lowest BCUT2D eigenvalue weighted by Gasteiger charge is -2.30. The van der Waals surface area contributed by atoms with E-state index in [1.54, 1.807) is 0 Å². The number of carbonyl (C=O) groups excluding carboxylic acids is 2. The van der Waals surface area contributed by atoms with Gasteiger partial charge >= 0.3 is 0 Å². The third-order valence-corrected chi connectivity index (χ3v) is 7.39. The van der Waals surface area contributed by atoms with Gasteiger partial charge in [0.15, 0.2) is 10.9 Å². The Hall–Kier alpha value is -2.61. The largest absolute Gasteiger partial charge is 0.412 e. The third kappa shape index (κ3) is 7.69. The Morgan fingerprint density at radius 2 is 1.78 bits per heavy atom. The molecule has 0 saturated heterocycles. The summed E-state index contributed by atoms with van der Waals surface area (Å²) in [7, 11) is 0. The molecule has 0 unspecified atom stereocenters. The average molecular weight is 527 g/mol. The monoisotopic (exact) mass is 526 g/mol. The van der Waals surface area contributed by atoms with Gasteiger partial charge in [-0.2, -0.15) is 4.73 Å². The Kier molecular flexibility index (Phi) is 9.62. The van der Waals surface area contributed by atoms with E-state index in [2.05, 4.69) is 38.0 Å². The Labute approximate surface area is 225 Å². The minimum absolute atomic E-state index is 0.121. The highest BCUT2D eigenvalue weighted by Gasteiger charge is 2.32. The van der Waals surface area contributed by atoms with Crippen LogP contribution >= 0.6 is 11.8 Å². The van der Waals surface area contributed by atoms with E-state index in [1.165, 1.54) is 18.7 Å². The first-order valence-corrected chi connectivity index (χ1v) is 14.3. The summed E-state index contributed by atoms with van der Waals surface area (Å²) in [4.78, 5) is 40.5. The Bertz CT molecular complexity index is 1240. The van der Waals surface area contributed by atoms with Gasteiger partial charge in [0.2, 0.25) is 5.91 Å². The number of fused-ring (bicyclic) bond motifs is 3. The number of benzene rings is 1. The molecule has 37 heavy (non-hydrogen) atoms. The zero-order valence-corrected chi connectivity index (χ0v) is 24.3. The molecule has 0 aliphatic carbocycles. The van der Waals surface area contributed by atoms with E-state index in [-0.39, 0.29) is 21.9 Å². The smallest absolute Gasteiger partial charge is 0.222 e. The summed E-state index contributed by atoms with van der Waals surface area (Å²) in [6.45, 7) is 14.8. The van der Waals surface area contributed by atoms with Gasteiger partial charge in [0.05, 0.1) is 5.52 Å². The number of nitrogens with zero attached hydrogens (tertiary/aromatic N) is 3. The maximum absolute atomic E-state index is 12.8. The predicted molar refractivity (Wildman–Crippen MR) is 154 cm³/mol. The second-order valence-electron chi connectivity index (χ2n) is 11.6. The molecule has 0 radical (unpaired) electrons. The molecule has 1 amide bonds. The van der Waals surface area contributed by atoms with Crippen molar-refractivity contribution in [3.63, 3.8) is 0 Å². The summed E-state index contributed by atoms with van der Waals surface area (Å²) in [6.07, 6.45) is 5.37. The number of nitrogens with one attached hydrogen (secondary N) is 1. The zero-order valence-electron chi connectivity index (χ0n) is 23.4. The van der Waals surface area contributed by atoms with E-state index in [4.69, 9.17) is 9.82 Å². The Morgan fingerprint density at radius 3 is 2.46 bits per heavy atom. The number of thioether (sulfide) groups is 1. The number of carbonyl (C=O) groups is 2. The summed E-state index contributed by atoms with van der Waals surface area (Å²) in [5.74, 6) is 1.87. The van der Waals surface area contributed by atoms with Gasteiger partial charge in [-0.15, -0.1) is 0 Å². The molecule has 8 heteroatoms. The van der Waals surface area contributed by atoms with Gasteiger partial charge in [-0.05, 0) is 37.2 Å². The van der Waals surface area contributed by atoms with Crippen LogP contribution < -0.4 is 10.2 Å². The van der Waals surface area contributed by atoms with E-state index in [1.807, 2.05) is 42.8 Å². The van der Waals surface area contributed by atoms with Crippen molar-refractivity contribution >= 4 is 50.5 Å². The highest BCUT2D eigenvalue weighted by atomic mass is 32.2. The van der Waals surface area contributed by atoms with Crippen molar-refractivity contribution in [1.29, 1.82) is 0 Å². The van der Waals surface area contributed by atoms with Gasteiger partial charge in [0.1, 0.15) is 23.5 Å². The molecular formula is C29H42N4O3S. The molecule has 3 rings (SSSR count). The van der Waals surface area contributed by atoms with Gasteiger partial charge in [0, 0.05) is 29.9 Å². The maximum atomic E-state index is 12.8. The van der Waals surface area contributed by atoms with E-state index in [0.29, 0.717) is 17.9 Å². The van der Waals surface area contributed by atoms with E-state index in [9.17, 15) is 9.59 Å². The van der Waals surface area contributed by atoms with Crippen molar-refractivity contribution < 1.29 is 14.4 Å². The lowest BCUT2D eigenvalue weighted by Crippen LogP contribution is -2.27. The van der Waals surface area contributed by atoms with Crippen LogP contribution in [0.15, 0.2) is 24.3 Å². The fraction of sp³-hybridized carbons (Fsp3) is 0.586. The Morgan fingerprint density at radius 1 is 1.05 bits per heavy atom. The first-order valence-electron chi connectivity index (χ1n) is 13.3. The number of para-hydroxylation sites is 1.